The van der Waals surface area contributed by atoms with Gasteiger partial charge in [-0.05, 0) is 104 Å². The second-order valence-electron chi connectivity index (χ2n) is 18.9. The van der Waals surface area contributed by atoms with Gasteiger partial charge in [-0.1, -0.05) is 46.8 Å². The first-order valence-corrected chi connectivity index (χ1v) is 22.6. The third-order valence-corrected chi connectivity index (χ3v) is 13.0. The fourth-order valence-electron chi connectivity index (χ4n) is 9.44. The van der Waals surface area contributed by atoms with Gasteiger partial charge in [-0.3, -0.25) is 38.9 Å². The van der Waals surface area contributed by atoms with Crippen molar-refractivity contribution in [3.8, 4) is 28.1 Å². The normalized spacial score (nSPS) is 21.5. The number of rotatable bonds is 10. The van der Waals surface area contributed by atoms with Gasteiger partial charge < -0.3 is 29.5 Å². The number of nitrogens with zero attached hydrogens (tertiary/aromatic N) is 6. The number of esters is 1. The van der Waals surface area contributed by atoms with Crippen molar-refractivity contribution in [2.24, 2.45) is 11.3 Å². The van der Waals surface area contributed by atoms with Crippen molar-refractivity contribution in [3.63, 3.8) is 0 Å². The van der Waals surface area contributed by atoms with Crippen LogP contribution in [0.1, 0.15) is 71.1 Å². The van der Waals surface area contributed by atoms with E-state index in [4.69, 9.17) is 4.74 Å². The number of fused-ring (bicyclic) bond motifs is 6. The first-order chi connectivity index (χ1) is 30.4. The van der Waals surface area contributed by atoms with E-state index in [1.165, 1.54) is 27.4 Å². The van der Waals surface area contributed by atoms with E-state index in [2.05, 4.69) is 66.2 Å². The first kappa shape index (κ1) is 46.2. The van der Waals surface area contributed by atoms with Crippen LogP contribution in [0.2, 0.25) is 0 Å². The van der Waals surface area contributed by atoms with Gasteiger partial charge in [0.05, 0.1) is 18.8 Å². The van der Waals surface area contributed by atoms with Crippen LogP contribution in [0, 0.1) is 11.3 Å². The Morgan fingerprint density at radius 1 is 1.06 bits per heavy atom. The lowest BCUT2D eigenvalue weighted by Gasteiger charge is -2.37. The van der Waals surface area contributed by atoms with Crippen molar-refractivity contribution in [1.29, 1.82) is 0 Å². The molecule has 4 aromatic rings. The van der Waals surface area contributed by atoms with Crippen molar-refractivity contribution in [2.75, 3.05) is 47.4 Å². The maximum absolute atomic E-state index is 14.7. The number of carbonyl (C=O) groups is 5. The standard InChI is InChI=1S/C49H64N8O7/c1-10-31-16-17-50-25-37(31)44-36-24-49(5,6)28-64-48(63)38-13-12-18-57(52-38)46(61)39(21-30-19-33(22-34(58)20-30)32-14-15-40(35(36)23-32)56(44)11-2)51-45(60)43(29(3)4)55(9)42(59)27-54(8)47(62)41-26-53(41)7/h14-17,19-20,22-23,25,29,38-39,41,43,52,58H,10-13,18,21,24,26-28H2,1-9H3,(H,51,60)/t38-,39-,41+,43-,53?/m0/s1. The minimum absolute atomic E-state index is 0.00370. The number of phenols is 1. The smallest absolute Gasteiger partial charge is 0.324 e. The topological polar surface area (TPSA) is 169 Å². The molecule has 0 saturated carbocycles. The zero-order chi connectivity index (χ0) is 46.2. The summed E-state index contributed by atoms with van der Waals surface area (Å²) >= 11 is 0. The summed E-state index contributed by atoms with van der Waals surface area (Å²) < 4.78 is 8.41. The highest BCUT2D eigenvalue weighted by Crippen LogP contribution is 2.41. The summed E-state index contributed by atoms with van der Waals surface area (Å²) in [6, 6.07) is 10.4. The second-order valence-corrected chi connectivity index (χ2v) is 18.9. The van der Waals surface area contributed by atoms with E-state index in [9.17, 15) is 29.1 Å². The number of aryl methyl sites for hydroxylation is 2. The summed E-state index contributed by atoms with van der Waals surface area (Å²) in [6.07, 6.45) is 6.11. The molecule has 7 rings (SSSR count). The molecule has 0 aliphatic carbocycles. The summed E-state index contributed by atoms with van der Waals surface area (Å²) in [5.41, 5.74) is 10.2. The van der Waals surface area contributed by atoms with Crippen LogP contribution in [0.4, 0.5) is 0 Å². The minimum Gasteiger partial charge on any atom is -0.508 e. The van der Waals surface area contributed by atoms with Crippen LogP contribution in [0.3, 0.4) is 0 Å². The highest BCUT2D eigenvalue weighted by molar-refractivity contribution is 5.96. The number of cyclic esters (lactones) is 1. The molecule has 4 amide bonds. The molecule has 15 nitrogen and oxygen atoms in total. The van der Waals surface area contributed by atoms with Gasteiger partial charge in [0.25, 0.3) is 5.91 Å². The summed E-state index contributed by atoms with van der Waals surface area (Å²) in [6.45, 7) is 13.6. The van der Waals surface area contributed by atoms with Gasteiger partial charge in [-0.2, -0.15) is 0 Å². The Bertz CT molecular complexity index is 2440. The molecule has 6 bridgehead atoms. The number of likely N-dealkylation sites (N-methyl/N-ethyl adjacent to an activating group) is 3. The van der Waals surface area contributed by atoms with E-state index in [1.54, 1.807) is 19.2 Å². The number of hydrazine groups is 1. The number of aromatic hydroxyl groups is 1. The summed E-state index contributed by atoms with van der Waals surface area (Å²) in [7, 11) is 4.94. The number of benzene rings is 2. The van der Waals surface area contributed by atoms with Crippen LogP contribution in [-0.4, -0.2) is 136 Å². The molecule has 3 aliphatic heterocycles. The predicted octanol–water partition coefficient (Wildman–Crippen LogP) is 4.56. The number of amides is 4. The van der Waals surface area contributed by atoms with Gasteiger partial charge in [-0.25, -0.2) is 5.43 Å². The Balaban J connectivity index is 1.29. The molecule has 2 saturated heterocycles. The van der Waals surface area contributed by atoms with Gasteiger partial charge in [0.15, 0.2) is 0 Å². The van der Waals surface area contributed by atoms with Crippen molar-refractivity contribution in [1.82, 2.24) is 40.0 Å². The molecule has 5 atom stereocenters. The molecule has 1 unspecified atom stereocenters. The van der Waals surface area contributed by atoms with Crippen molar-refractivity contribution in [3.05, 3.63) is 71.5 Å². The Labute approximate surface area is 376 Å². The summed E-state index contributed by atoms with van der Waals surface area (Å²) in [5.74, 6) is -2.45. The Kier molecular flexibility index (Phi) is 13.5. The monoisotopic (exact) mass is 876 g/mol. The quantitative estimate of drug-likeness (QED) is 0.152. The van der Waals surface area contributed by atoms with Crippen molar-refractivity contribution >= 4 is 40.5 Å². The number of ether oxygens (including phenoxy) is 1. The molecule has 15 heteroatoms. The highest BCUT2D eigenvalue weighted by atomic mass is 16.5. The van der Waals surface area contributed by atoms with E-state index < -0.39 is 47.2 Å². The molecule has 3 aliphatic rings. The molecule has 0 spiro atoms. The first-order valence-electron chi connectivity index (χ1n) is 22.6. The van der Waals surface area contributed by atoms with Crippen LogP contribution in [0.15, 0.2) is 54.9 Å². The van der Waals surface area contributed by atoms with Crippen molar-refractivity contribution < 1.29 is 33.8 Å². The second kappa shape index (κ2) is 18.7. The summed E-state index contributed by atoms with van der Waals surface area (Å²) in [5, 5.41) is 16.7. The van der Waals surface area contributed by atoms with Gasteiger partial charge >= 0.3 is 5.97 Å². The number of phenolic OH excluding ortho intramolecular Hbond substituents is 1. The predicted molar refractivity (Wildman–Crippen MR) is 245 cm³/mol. The summed E-state index contributed by atoms with van der Waals surface area (Å²) in [4.78, 5) is 78.5. The maximum atomic E-state index is 14.7. The van der Waals surface area contributed by atoms with Crippen LogP contribution >= 0.6 is 0 Å². The molecule has 2 aromatic carbocycles. The number of hydrogen-bond acceptors (Lipinski definition) is 10. The fourth-order valence-corrected chi connectivity index (χ4v) is 9.44. The lowest BCUT2D eigenvalue weighted by Crippen LogP contribution is -2.62. The van der Waals surface area contributed by atoms with E-state index in [1.807, 2.05) is 50.3 Å². The third kappa shape index (κ3) is 9.65. The number of nitrogens with one attached hydrogen (secondary N) is 2. The Morgan fingerprint density at radius 2 is 1.81 bits per heavy atom. The zero-order valence-electron chi connectivity index (χ0n) is 38.7. The lowest BCUT2D eigenvalue weighted by atomic mass is 9.84. The third-order valence-electron chi connectivity index (χ3n) is 13.0. The minimum atomic E-state index is -1.16. The van der Waals surface area contributed by atoms with E-state index in [0.717, 1.165) is 45.3 Å². The highest BCUT2D eigenvalue weighted by Gasteiger charge is 2.41. The Morgan fingerprint density at radius 3 is 2.50 bits per heavy atom. The molecular formula is C49H64N8O7. The molecule has 2 fully saturated rings. The van der Waals surface area contributed by atoms with Gasteiger partial charge in [0, 0.05) is 74.4 Å². The molecule has 342 valence electrons. The van der Waals surface area contributed by atoms with Gasteiger partial charge in [0.2, 0.25) is 17.7 Å². The van der Waals surface area contributed by atoms with Gasteiger partial charge in [0.1, 0.15) is 29.9 Å². The number of aromatic nitrogens is 2. The molecule has 5 heterocycles. The SMILES string of the molecule is CCc1ccncc1-c1c2c3cc(ccc3n1CC)-c1cc(O)cc(c1)C[C@H](NC(=O)[C@H](C(C)C)N(C)C(=O)CN(C)C(=O)[C@H]1CN1C)C(=O)N1CCC[C@H](N1)C(=O)OCC(C)(C)C2. The fraction of sp³-hybridized carbons (Fsp3) is 0.510. The van der Waals surface area contributed by atoms with Crippen LogP contribution in [0.5, 0.6) is 5.75 Å². The van der Waals surface area contributed by atoms with Crippen LogP contribution < -0.4 is 10.7 Å². The zero-order valence-corrected chi connectivity index (χ0v) is 38.7. The molecular weight excluding hydrogens is 813 g/mol. The van der Waals surface area contributed by atoms with Crippen LogP contribution in [0.25, 0.3) is 33.3 Å². The maximum Gasteiger partial charge on any atom is 0.324 e. The van der Waals surface area contributed by atoms with Crippen LogP contribution in [-0.2, 0) is 54.5 Å². The number of pyridine rings is 1. The molecule has 3 N–H and O–H groups in total. The van der Waals surface area contributed by atoms with E-state index in [0.29, 0.717) is 37.9 Å². The largest absolute Gasteiger partial charge is 0.508 e. The Hall–Kier alpha value is -5.80. The average molecular weight is 877 g/mol. The van der Waals surface area contributed by atoms with Gasteiger partial charge in [-0.15, -0.1) is 0 Å². The van der Waals surface area contributed by atoms with E-state index in [-0.39, 0.29) is 49.7 Å². The number of hydrogen-bond donors (Lipinski definition) is 3. The molecule has 64 heavy (non-hydrogen) atoms. The molecule has 2 aromatic heterocycles. The molecule has 0 radical (unpaired) electrons. The number of carbonyl (C=O) groups excluding carboxylic acids is 5. The van der Waals surface area contributed by atoms with Crippen molar-refractivity contribution in [2.45, 2.75) is 104 Å². The average Bonchev–Trinajstić information content (AvgIpc) is 3.93. The van der Waals surface area contributed by atoms with E-state index >= 15 is 0 Å². The lowest BCUT2D eigenvalue weighted by molar-refractivity contribution is -0.155.